The van der Waals surface area contributed by atoms with Gasteiger partial charge in [0.25, 0.3) is 0 Å². The summed E-state index contributed by atoms with van der Waals surface area (Å²) in [7, 11) is 0. The molecule has 0 spiro atoms. The largest absolute Gasteiger partial charge is 0.397 e. The molecule has 0 saturated carbocycles. The summed E-state index contributed by atoms with van der Waals surface area (Å²) in [5, 5.41) is 12.3. The first-order valence-corrected chi connectivity index (χ1v) is 6.79. The van der Waals surface area contributed by atoms with Gasteiger partial charge in [0.2, 0.25) is 0 Å². The quantitative estimate of drug-likeness (QED) is 0.760. The molecule has 0 radical (unpaired) electrons. The molecule has 4 N–H and O–H groups in total. The second-order valence-corrected chi connectivity index (χ2v) is 4.75. The first-order chi connectivity index (χ1) is 10.1. The number of nitrogen functional groups attached to an aromatic ring is 1. The van der Waals surface area contributed by atoms with E-state index in [4.69, 9.17) is 22.4 Å². The molecule has 110 valence electrons. The maximum absolute atomic E-state index is 12.4. The highest BCUT2D eigenvalue weighted by Crippen LogP contribution is 2.25. The van der Waals surface area contributed by atoms with Crippen molar-refractivity contribution in [3.63, 3.8) is 0 Å². The smallest absolute Gasteiger partial charge is 0.326 e. The third-order valence-corrected chi connectivity index (χ3v) is 3.24. The normalized spacial score (nSPS) is 10.2. The molecule has 2 aromatic carbocycles. The summed E-state index contributed by atoms with van der Waals surface area (Å²) in [4.78, 5) is 13.8. The number of halogens is 1. The fourth-order valence-electron chi connectivity index (χ4n) is 1.91. The number of anilines is 3. The number of hydrogen-bond acceptors (Lipinski definition) is 3. The molecule has 0 fully saturated rings. The standard InChI is InChI=1S/C15H16ClN3O2/c16-11-5-1-3-7-13(11)18-15(21)19(9-10-20)14-8-4-2-6-12(14)17/h1-8,20H,9-10,17H2,(H,18,21). The molecule has 0 unspecified atom stereocenters. The fraction of sp³-hybridized carbons (Fsp3) is 0.133. The van der Waals surface area contributed by atoms with Crippen LogP contribution in [0.2, 0.25) is 5.02 Å². The minimum atomic E-state index is -0.407. The number of urea groups is 1. The molecule has 0 aliphatic rings. The van der Waals surface area contributed by atoms with Crippen LogP contribution < -0.4 is 16.0 Å². The molecule has 5 nitrogen and oxygen atoms in total. The molecule has 0 aromatic heterocycles. The number of nitrogens with one attached hydrogen (secondary N) is 1. The molecule has 6 heteroatoms. The Bertz CT molecular complexity index is 634. The van der Waals surface area contributed by atoms with Crippen molar-refractivity contribution in [1.82, 2.24) is 0 Å². The van der Waals surface area contributed by atoms with E-state index in [0.717, 1.165) is 0 Å². The predicted molar refractivity (Wildman–Crippen MR) is 85.8 cm³/mol. The van der Waals surface area contributed by atoms with E-state index in [1.807, 2.05) is 0 Å². The molecule has 2 amide bonds. The van der Waals surface area contributed by atoms with Crippen LogP contribution in [0, 0.1) is 0 Å². The van der Waals surface area contributed by atoms with E-state index in [1.165, 1.54) is 4.90 Å². The van der Waals surface area contributed by atoms with E-state index in [1.54, 1.807) is 48.5 Å². The van der Waals surface area contributed by atoms with Crippen LogP contribution >= 0.6 is 11.6 Å². The van der Waals surface area contributed by atoms with Gasteiger partial charge in [0.1, 0.15) is 0 Å². The van der Waals surface area contributed by atoms with E-state index in [2.05, 4.69) is 5.32 Å². The number of para-hydroxylation sites is 3. The molecule has 2 rings (SSSR count). The summed E-state index contributed by atoms with van der Waals surface area (Å²) in [6.07, 6.45) is 0. The first-order valence-electron chi connectivity index (χ1n) is 6.42. The lowest BCUT2D eigenvalue weighted by molar-refractivity contribution is 0.252. The van der Waals surface area contributed by atoms with Crippen LogP contribution in [-0.2, 0) is 0 Å². The zero-order chi connectivity index (χ0) is 15.2. The number of nitrogens with zero attached hydrogens (tertiary/aromatic N) is 1. The Morgan fingerprint density at radius 2 is 1.86 bits per heavy atom. The highest BCUT2D eigenvalue weighted by atomic mass is 35.5. The topological polar surface area (TPSA) is 78.6 Å². The van der Waals surface area contributed by atoms with Crippen molar-refractivity contribution in [2.45, 2.75) is 0 Å². The van der Waals surface area contributed by atoms with Crippen LogP contribution in [0.4, 0.5) is 21.9 Å². The minimum absolute atomic E-state index is 0.129. The maximum Gasteiger partial charge on any atom is 0.326 e. The van der Waals surface area contributed by atoms with Crippen molar-refractivity contribution in [2.75, 3.05) is 29.1 Å². The Morgan fingerprint density at radius 1 is 1.19 bits per heavy atom. The highest BCUT2D eigenvalue weighted by Gasteiger charge is 2.18. The summed E-state index contributed by atoms with van der Waals surface area (Å²) in [6, 6.07) is 13.5. The number of nitrogens with two attached hydrogens (primary N) is 1. The zero-order valence-corrected chi connectivity index (χ0v) is 12.0. The van der Waals surface area contributed by atoms with Gasteiger partial charge in [-0.05, 0) is 24.3 Å². The number of aliphatic hydroxyl groups is 1. The summed E-state index contributed by atoms with van der Waals surface area (Å²) in [6.45, 7) is -0.0468. The fourth-order valence-corrected chi connectivity index (χ4v) is 2.09. The van der Waals surface area contributed by atoms with Crippen LogP contribution in [0.5, 0.6) is 0 Å². The minimum Gasteiger partial charge on any atom is -0.397 e. The molecule has 0 bridgehead atoms. The Balaban J connectivity index is 2.25. The maximum atomic E-state index is 12.4. The summed E-state index contributed by atoms with van der Waals surface area (Å²) in [5.74, 6) is 0. The van der Waals surface area contributed by atoms with Gasteiger partial charge < -0.3 is 16.2 Å². The Kier molecular flexibility index (Phi) is 5.03. The van der Waals surface area contributed by atoms with Crippen molar-refractivity contribution in [3.8, 4) is 0 Å². The van der Waals surface area contributed by atoms with Crippen LogP contribution in [0.1, 0.15) is 0 Å². The van der Waals surface area contributed by atoms with E-state index in [0.29, 0.717) is 22.1 Å². The monoisotopic (exact) mass is 305 g/mol. The number of aliphatic hydroxyl groups excluding tert-OH is 1. The second kappa shape index (κ2) is 6.97. The van der Waals surface area contributed by atoms with Crippen LogP contribution in [0.25, 0.3) is 0 Å². The predicted octanol–water partition coefficient (Wildman–Crippen LogP) is 2.95. The molecule has 21 heavy (non-hydrogen) atoms. The van der Waals surface area contributed by atoms with E-state index >= 15 is 0 Å². The van der Waals surface area contributed by atoms with Gasteiger partial charge in [0, 0.05) is 0 Å². The van der Waals surface area contributed by atoms with Crippen molar-refractivity contribution >= 4 is 34.7 Å². The van der Waals surface area contributed by atoms with E-state index < -0.39 is 6.03 Å². The number of carbonyl (C=O) groups excluding carboxylic acids is 1. The van der Waals surface area contributed by atoms with Crippen molar-refractivity contribution in [3.05, 3.63) is 53.6 Å². The van der Waals surface area contributed by atoms with Crippen molar-refractivity contribution in [2.24, 2.45) is 0 Å². The van der Waals surface area contributed by atoms with Gasteiger partial charge in [-0.1, -0.05) is 35.9 Å². The van der Waals surface area contributed by atoms with Crippen molar-refractivity contribution in [1.29, 1.82) is 0 Å². The second-order valence-electron chi connectivity index (χ2n) is 4.34. The number of amides is 2. The number of carbonyl (C=O) groups is 1. The third kappa shape index (κ3) is 3.65. The van der Waals surface area contributed by atoms with Crippen LogP contribution in [-0.4, -0.2) is 24.3 Å². The van der Waals surface area contributed by atoms with E-state index in [9.17, 15) is 4.79 Å². The lowest BCUT2D eigenvalue weighted by Crippen LogP contribution is -2.37. The molecular formula is C15H16ClN3O2. The SMILES string of the molecule is Nc1ccccc1N(CCO)C(=O)Nc1ccccc1Cl. The Labute approximate surface area is 127 Å². The third-order valence-electron chi connectivity index (χ3n) is 2.91. The van der Waals surface area contributed by atoms with Gasteiger partial charge >= 0.3 is 6.03 Å². The molecule has 2 aromatic rings. The number of hydrogen-bond donors (Lipinski definition) is 3. The van der Waals surface area contributed by atoms with Gasteiger partial charge in [-0.2, -0.15) is 0 Å². The van der Waals surface area contributed by atoms with Gasteiger partial charge in [-0.3, -0.25) is 4.90 Å². The molecular weight excluding hydrogens is 290 g/mol. The van der Waals surface area contributed by atoms with Gasteiger partial charge in [0.15, 0.2) is 0 Å². The zero-order valence-electron chi connectivity index (χ0n) is 11.3. The summed E-state index contributed by atoms with van der Waals surface area (Å²) >= 11 is 6.02. The van der Waals surface area contributed by atoms with Crippen LogP contribution in [0.3, 0.4) is 0 Å². The van der Waals surface area contributed by atoms with Crippen molar-refractivity contribution < 1.29 is 9.90 Å². The molecule has 0 aliphatic heterocycles. The Hall–Kier alpha value is -2.24. The molecule has 0 saturated heterocycles. The average Bonchev–Trinajstić information content (AvgIpc) is 2.48. The average molecular weight is 306 g/mol. The summed E-state index contributed by atoms with van der Waals surface area (Å²) in [5.41, 5.74) is 7.38. The van der Waals surface area contributed by atoms with Crippen LogP contribution in [0.15, 0.2) is 48.5 Å². The number of benzene rings is 2. The lowest BCUT2D eigenvalue weighted by atomic mass is 10.2. The van der Waals surface area contributed by atoms with Gasteiger partial charge in [-0.15, -0.1) is 0 Å². The molecule has 0 atom stereocenters. The van der Waals surface area contributed by atoms with Gasteiger partial charge in [-0.25, -0.2) is 4.79 Å². The molecule has 0 aliphatic carbocycles. The van der Waals surface area contributed by atoms with Gasteiger partial charge in [0.05, 0.1) is 35.2 Å². The van der Waals surface area contributed by atoms with E-state index in [-0.39, 0.29) is 13.2 Å². The Morgan fingerprint density at radius 3 is 2.52 bits per heavy atom. The highest BCUT2D eigenvalue weighted by molar-refractivity contribution is 6.33. The number of rotatable bonds is 4. The molecule has 0 heterocycles. The summed E-state index contributed by atoms with van der Waals surface area (Å²) < 4.78 is 0. The first kappa shape index (κ1) is 15.2. The lowest BCUT2D eigenvalue weighted by Gasteiger charge is -2.24.